The summed E-state index contributed by atoms with van der Waals surface area (Å²) in [6.07, 6.45) is 5.72. The Balaban J connectivity index is 1.40. The van der Waals surface area contributed by atoms with Gasteiger partial charge in [-0.05, 0) is 31.2 Å². The predicted molar refractivity (Wildman–Crippen MR) is 93.2 cm³/mol. The van der Waals surface area contributed by atoms with Crippen molar-refractivity contribution >= 4 is 11.7 Å². The first kappa shape index (κ1) is 17.0. The molecular weight excluding hydrogens is 320 g/mol. The van der Waals surface area contributed by atoms with Crippen LogP contribution in [0.1, 0.15) is 30.9 Å². The number of hydrogen-bond acceptors (Lipinski definition) is 4. The molecule has 0 aliphatic heterocycles. The van der Waals surface area contributed by atoms with Crippen LogP contribution in [0, 0.1) is 0 Å². The van der Waals surface area contributed by atoms with Crippen LogP contribution < -0.4 is 10.6 Å². The number of aromatic nitrogens is 2. The van der Waals surface area contributed by atoms with E-state index in [-0.39, 0.29) is 12.1 Å². The number of aliphatic hydroxyl groups excluding tert-OH is 1. The lowest BCUT2D eigenvalue weighted by Gasteiger charge is -2.17. The maximum absolute atomic E-state index is 11.9. The van der Waals surface area contributed by atoms with Gasteiger partial charge in [0.25, 0.3) is 0 Å². The van der Waals surface area contributed by atoms with Gasteiger partial charge in [0.1, 0.15) is 17.5 Å². The molecule has 132 valence electrons. The van der Waals surface area contributed by atoms with E-state index < -0.39 is 6.10 Å². The van der Waals surface area contributed by atoms with Crippen molar-refractivity contribution in [2.24, 2.45) is 0 Å². The highest BCUT2D eigenvalue weighted by Crippen LogP contribution is 2.18. The highest BCUT2D eigenvalue weighted by Gasteiger charge is 2.16. The third-order valence-corrected chi connectivity index (χ3v) is 3.91. The van der Waals surface area contributed by atoms with Crippen molar-refractivity contribution in [1.29, 1.82) is 0 Å². The standard InChI is InChI=1S/C18H22N4O3/c1-13(11-15(23)16-5-4-10-25-16)20-18(24)19-8-7-14-12-22-9-3-2-6-17(22)21-14/h2-6,9-10,12-13,15,23H,7-8,11H2,1H3,(H2,19,20,24)/t13-,15-/m0/s1. The fourth-order valence-corrected chi connectivity index (χ4v) is 2.68. The lowest BCUT2D eigenvalue weighted by atomic mass is 10.1. The number of nitrogens with one attached hydrogen (secondary N) is 2. The fraction of sp³-hybridized carbons (Fsp3) is 0.333. The number of furan rings is 1. The number of nitrogens with zero attached hydrogens (tertiary/aromatic N) is 2. The Labute approximate surface area is 145 Å². The van der Waals surface area contributed by atoms with Crippen LogP contribution in [-0.4, -0.2) is 33.1 Å². The molecular formula is C18H22N4O3. The zero-order valence-corrected chi connectivity index (χ0v) is 14.1. The topological polar surface area (TPSA) is 91.8 Å². The lowest BCUT2D eigenvalue weighted by Crippen LogP contribution is -2.42. The monoisotopic (exact) mass is 342 g/mol. The van der Waals surface area contributed by atoms with E-state index in [1.807, 2.05) is 41.9 Å². The van der Waals surface area contributed by atoms with Gasteiger partial charge in [-0.1, -0.05) is 6.07 Å². The van der Waals surface area contributed by atoms with E-state index >= 15 is 0 Å². The van der Waals surface area contributed by atoms with Crippen LogP contribution in [0.5, 0.6) is 0 Å². The number of pyridine rings is 1. The SMILES string of the molecule is C[C@@H](C[C@H](O)c1ccco1)NC(=O)NCCc1cn2ccccc2n1. The predicted octanol–water partition coefficient (Wildman–Crippen LogP) is 2.28. The summed E-state index contributed by atoms with van der Waals surface area (Å²) in [5.74, 6) is 0.501. The van der Waals surface area contributed by atoms with Gasteiger partial charge in [0.05, 0.1) is 12.0 Å². The van der Waals surface area contributed by atoms with E-state index in [1.54, 1.807) is 12.1 Å². The molecule has 3 N–H and O–H groups in total. The molecule has 0 aliphatic carbocycles. The highest BCUT2D eigenvalue weighted by atomic mass is 16.4. The second kappa shape index (κ2) is 7.85. The molecule has 2 amide bonds. The summed E-state index contributed by atoms with van der Waals surface area (Å²) in [5.41, 5.74) is 1.82. The Hall–Kier alpha value is -2.80. The summed E-state index contributed by atoms with van der Waals surface area (Å²) in [5, 5.41) is 15.6. The number of rotatable bonds is 7. The van der Waals surface area contributed by atoms with Gasteiger partial charge in [-0.2, -0.15) is 0 Å². The minimum Gasteiger partial charge on any atom is -0.467 e. The van der Waals surface area contributed by atoms with Crippen LogP contribution >= 0.6 is 0 Å². The second-order valence-electron chi connectivity index (χ2n) is 6.02. The summed E-state index contributed by atoms with van der Waals surface area (Å²) in [4.78, 5) is 16.4. The van der Waals surface area contributed by atoms with E-state index in [0.29, 0.717) is 25.1 Å². The van der Waals surface area contributed by atoms with E-state index in [2.05, 4.69) is 15.6 Å². The van der Waals surface area contributed by atoms with Gasteiger partial charge < -0.3 is 24.6 Å². The molecule has 3 rings (SSSR count). The van der Waals surface area contributed by atoms with Crippen LogP contribution in [-0.2, 0) is 6.42 Å². The molecule has 0 radical (unpaired) electrons. The zero-order chi connectivity index (χ0) is 17.6. The Morgan fingerprint density at radius 2 is 2.24 bits per heavy atom. The van der Waals surface area contributed by atoms with Gasteiger partial charge in [0.15, 0.2) is 0 Å². The van der Waals surface area contributed by atoms with E-state index in [0.717, 1.165) is 11.3 Å². The number of imidazole rings is 1. The minimum absolute atomic E-state index is 0.185. The lowest BCUT2D eigenvalue weighted by molar-refractivity contribution is 0.129. The van der Waals surface area contributed by atoms with Crippen molar-refractivity contribution in [3.05, 3.63) is 60.4 Å². The van der Waals surface area contributed by atoms with Crippen molar-refractivity contribution in [2.45, 2.75) is 31.9 Å². The molecule has 0 fully saturated rings. The minimum atomic E-state index is -0.733. The van der Waals surface area contributed by atoms with Gasteiger partial charge in [0.2, 0.25) is 0 Å². The first-order valence-electron chi connectivity index (χ1n) is 8.30. The molecule has 0 saturated carbocycles. The Kier molecular flexibility index (Phi) is 5.35. The Morgan fingerprint density at radius 1 is 1.36 bits per heavy atom. The average Bonchev–Trinajstić information content (AvgIpc) is 3.24. The molecule has 25 heavy (non-hydrogen) atoms. The number of urea groups is 1. The first-order valence-corrected chi connectivity index (χ1v) is 8.30. The summed E-state index contributed by atoms with van der Waals surface area (Å²) < 4.78 is 7.10. The van der Waals surface area contributed by atoms with Gasteiger partial charge >= 0.3 is 6.03 Å². The van der Waals surface area contributed by atoms with Crippen molar-refractivity contribution in [3.63, 3.8) is 0 Å². The van der Waals surface area contributed by atoms with Crippen LogP contribution in [0.15, 0.2) is 53.4 Å². The van der Waals surface area contributed by atoms with Crippen LogP contribution in [0.25, 0.3) is 5.65 Å². The highest BCUT2D eigenvalue weighted by molar-refractivity contribution is 5.74. The molecule has 0 bridgehead atoms. The Bertz CT molecular complexity index is 780. The van der Waals surface area contributed by atoms with E-state index in [4.69, 9.17) is 4.42 Å². The normalized spacial score (nSPS) is 13.5. The smallest absolute Gasteiger partial charge is 0.315 e. The summed E-state index contributed by atoms with van der Waals surface area (Å²) >= 11 is 0. The van der Waals surface area contributed by atoms with Crippen molar-refractivity contribution in [2.75, 3.05) is 6.54 Å². The molecule has 0 aromatic carbocycles. The molecule has 7 nitrogen and oxygen atoms in total. The quantitative estimate of drug-likeness (QED) is 0.614. The van der Waals surface area contributed by atoms with Crippen LogP contribution in [0.2, 0.25) is 0 Å². The number of amides is 2. The number of carbonyl (C=O) groups is 1. The van der Waals surface area contributed by atoms with Gasteiger partial charge in [-0.15, -0.1) is 0 Å². The zero-order valence-electron chi connectivity index (χ0n) is 14.1. The van der Waals surface area contributed by atoms with E-state index in [9.17, 15) is 9.90 Å². The van der Waals surface area contributed by atoms with Gasteiger partial charge in [-0.25, -0.2) is 9.78 Å². The first-order chi connectivity index (χ1) is 12.1. The summed E-state index contributed by atoms with van der Waals surface area (Å²) in [7, 11) is 0. The molecule has 0 aliphatic rings. The maximum atomic E-state index is 11.9. The van der Waals surface area contributed by atoms with Crippen molar-refractivity contribution in [1.82, 2.24) is 20.0 Å². The molecule has 3 aromatic rings. The number of fused-ring (bicyclic) bond motifs is 1. The molecule has 2 atom stereocenters. The molecule has 0 spiro atoms. The maximum Gasteiger partial charge on any atom is 0.315 e. The third-order valence-electron chi connectivity index (χ3n) is 3.91. The molecule has 0 unspecified atom stereocenters. The Morgan fingerprint density at radius 3 is 3.00 bits per heavy atom. The fourth-order valence-electron chi connectivity index (χ4n) is 2.68. The molecule has 7 heteroatoms. The van der Waals surface area contributed by atoms with Crippen LogP contribution in [0.4, 0.5) is 4.79 Å². The summed E-state index contributed by atoms with van der Waals surface area (Å²) in [6.45, 7) is 2.33. The molecule has 3 heterocycles. The number of aliphatic hydroxyl groups is 1. The summed E-state index contributed by atoms with van der Waals surface area (Å²) in [6, 6.07) is 8.82. The number of carbonyl (C=O) groups excluding carboxylic acids is 1. The molecule has 3 aromatic heterocycles. The third kappa shape index (κ3) is 4.60. The van der Waals surface area contributed by atoms with Gasteiger partial charge in [0, 0.05) is 37.8 Å². The van der Waals surface area contributed by atoms with E-state index in [1.165, 1.54) is 6.26 Å². The average molecular weight is 342 g/mol. The van der Waals surface area contributed by atoms with Crippen molar-refractivity contribution in [3.8, 4) is 0 Å². The van der Waals surface area contributed by atoms with Crippen molar-refractivity contribution < 1.29 is 14.3 Å². The second-order valence-corrected chi connectivity index (χ2v) is 6.02. The largest absolute Gasteiger partial charge is 0.467 e. The van der Waals surface area contributed by atoms with Crippen LogP contribution in [0.3, 0.4) is 0 Å². The molecule has 0 saturated heterocycles. The van der Waals surface area contributed by atoms with Gasteiger partial charge in [-0.3, -0.25) is 0 Å². The number of hydrogen-bond donors (Lipinski definition) is 3.